The molecule has 0 aliphatic heterocycles. The molecule has 52 valence electrons. The maximum absolute atomic E-state index is 12.2. The van der Waals surface area contributed by atoms with E-state index in [1.165, 1.54) is 24.3 Å². The van der Waals surface area contributed by atoms with E-state index in [4.69, 9.17) is 0 Å². The first-order valence-electron chi connectivity index (χ1n) is 2.58. The van der Waals surface area contributed by atoms with Gasteiger partial charge in [0.25, 0.3) is 0 Å². The third-order valence-corrected chi connectivity index (χ3v) is 1.24. The van der Waals surface area contributed by atoms with Crippen molar-refractivity contribution in [2.45, 2.75) is 0 Å². The number of hydrogen-bond donors (Lipinski definition) is 0. The van der Waals surface area contributed by atoms with Crippen molar-refractivity contribution in [3.05, 3.63) is 30.1 Å². The van der Waals surface area contributed by atoms with Gasteiger partial charge >= 0.3 is 8.69 Å². The molecule has 4 heteroatoms. The van der Waals surface area contributed by atoms with Gasteiger partial charge in [0, 0.05) is 0 Å². The molecule has 0 bridgehead atoms. The van der Waals surface area contributed by atoms with Crippen LogP contribution in [0.25, 0.3) is 0 Å². The minimum Gasteiger partial charge on any atom is -0.408 e. The van der Waals surface area contributed by atoms with Gasteiger partial charge in [0.2, 0.25) is 0 Å². The molecule has 0 fully saturated rings. The highest BCUT2D eigenvalue weighted by Gasteiger charge is 1.91. The van der Waals surface area contributed by atoms with Crippen LogP contribution in [0.15, 0.2) is 24.3 Å². The van der Waals surface area contributed by atoms with E-state index in [9.17, 15) is 8.96 Å². The summed E-state index contributed by atoms with van der Waals surface area (Å²) < 4.78 is 26.5. The fourth-order valence-electron chi connectivity index (χ4n) is 0.538. The number of hydrogen-bond acceptors (Lipinski definition) is 2. The van der Waals surface area contributed by atoms with Gasteiger partial charge in [-0.25, -0.2) is 8.96 Å². The van der Waals surface area contributed by atoms with E-state index in [0.717, 1.165) is 0 Å². The Balaban J connectivity index is 2.78. The predicted octanol–water partition coefficient (Wildman–Crippen LogP) is 2.41. The summed E-state index contributed by atoms with van der Waals surface area (Å²) in [7, 11) is -0.426. The second-order valence-corrected chi connectivity index (χ2v) is 1.95. The zero-order valence-corrected chi connectivity index (χ0v) is 5.85. The van der Waals surface area contributed by atoms with Gasteiger partial charge in [-0.15, -0.1) is 0 Å². The molecule has 0 atom stereocenters. The van der Waals surface area contributed by atoms with Crippen LogP contribution < -0.4 is 4.52 Å². The fourth-order valence-corrected chi connectivity index (χ4v) is 0.746. The topological polar surface area (TPSA) is 26.3 Å². The smallest absolute Gasteiger partial charge is 0.395 e. The molecule has 0 saturated carbocycles. The molecule has 0 heterocycles. The molecular formula is C6H4FO2P. The molecule has 0 amide bonds. The lowest BCUT2D eigenvalue weighted by Crippen LogP contribution is -1.75. The molecule has 1 aromatic rings. The number of halogens is 1. The Labute approximate surface area is 58.9 Å². The van der Waals surface area contributed by atoms with Gasteiger partial charge in [-0.1, -0.05) is 0 Å². The summed E-state index contributed by atoms with van der Waals surface area (Å²) in [5.74, 6) is 0.0491. The van der Waals surface area contributed by atoms with Gasteiger partial charge < -0.3 is 4.52 Å². The summed E-state index contributed by atoms with van der Waals surface area (Å²) in [6, 6.07) is 5.28. The molecule has 0 N–H and O–H groups in total. The molecule has 1 aromatic carbocycles. The van der Waals surface area contributed by atoms with E-state index in [0.29, 0.717) is 5.75 Å². The van der Waals surface area contributed by atoms with Crippen molar-refractivity contribution >= 4 is 8.69 Å². The van der Waals surface area contributed by atoms with Crippen molar-refractivity contribution in [2.24, 2.45) is 0 Å². The van der Waals surface area contributed by atoms with Crippen LogP contribution in [0.2, 0.25) is 0 Å². The first kappa shape index (κ1) is 7.16. The van der Waals surface area contributed by atoms with Crippen LogP contribution in [0.5, 0.6) is 5.75 Å². The molecule has 0 unspecified atom stereocenters. The summed E-state index contributed by atoms with van der Waals surface area (Å²) in [5.41, 5.74) is 0. The van der Waals surface area contributed by atoms with Gasteiger partial charge in [0.15, 0.2) is 0 Å². The first-order chi connectivity index (χ1) is 4.83. The molecule has 0 aromatic heterocycles. The van der Waals surface area contributed by atoms with E-state index in [-0.39, 0.29) is 5.82 Å². The van der Waals surface area contributed by atoms with Gasteiger partial charge in [-0.3, -0.25) is 0 Å². The highest BCUT2D eigenvalue weighted by Crippen LogP contribution is 2.14. The summed E-state index contributed by atoms with van der Waals surface area (Å²) in [4.78, 5) is 0. The van der Waals surface area contributed by atoms with Crippen LogP contribution >= 0.6 is 8.69 Å². The Hall–Kier alpha value is -0.950. The molecule has 10 heavy (non-hydrogen) atoms. The zero-order chi connectivity index (χ0) is 7.40. The van der Waals surface area contributed by atoms with Gasteiger partial charge in [-0.2, -0.15) is 0 Å². The predicted molar refractivity (Wildman–Crippen MR) is 34.6 cm³/mol. The minimum absolute atomic E-state index is 0.338. The second kappa shape index (κ2) is 3.28. The van der Waals surface area contributed by atoms with Crippen molar-refractivity contribution in [2.75, 3.05) is 0 Å². The highest BCUT2D eigenvalue weighted by molar-refractivity contribution is 7.17. The fraction of sp³-hybridized carbons (Fsp3) is 0. The maximum atomic E-state index is 12.2. The van der Waals surface area contributed by atoms with Crippen molar-refractivity contribution < 1.29 is 13.5 Å². The van der Waals surface area contributed by atoms with E-state index < -0.39 is 8.69 Å². The van der Waals surface area contributed by atoms with Crippen molar-refractivity contribution in [3.63, 3.8) is 0 Å². The van der Waals surface area contributed by atoms with Crippen LogP contribution in [0.4, 0.5) is 4.39 Å². The molecule has 1 rings (SSSR count). The van der Waals surface area contributed by atoms with E-state index in [2.05, 4.69) is 4.52 Å². The molecular weight excluding hydrogens is 154 g/mol. The van der Waals surface area contributed by atoms with Crippen LogP contribution in [0, 0.1) is 5.82 Å². The quantitative estimate of drug-likeness (QED) is 0.617. The van der Waals surface area contributed by atoms with Crippen LogP contribution in [-0.4, -0.2) is 0 Å². The Kier molecular flexibility index (Phi) is 2.35. The molecule has 0 saturated heterocycles. The molecule has 0 spiro atoms. The summed E-state index contributed by atoms with van der Waals surface area (Å²) in [6.07, 6.45) is 0. The molecule has 0 radical (unpaired) electrons. The minimum atomic E-state index is -0.426. The summed E-state index contributed by atoms with van der Waals surface area (Å²) in [6.45, 7) is 0. The Morgan fingerprint density at radius 2 is 1.90 bits per heavy atom. The largest absolute Gasteiger partial charge is 0.408 e. The Morgan fingerprint density at radius 1 is 1.30 bits per heavy atom. The summed E-state index contributed by atoms with van der Waals surface area (Å²) >= 11 is 0. The van der Waals surface area contributed by atoms with Crippen LogP contribution in [-0.2, 0) is 4.57 Å². The SMILES string of the molecule is O=POc1ccc(F)cc1. The molecule has 0 aliphatic carbocycles. The monoisotopic (exact) mass is 158 g/mol. The Morgan fingerprint density at radius 3 is 2.40 bits per heavy atom. The van der Waals surface area contributed by atoms with Crippen LogP contribution in [0.1, 0.15) is 0 Å². The van der Waals surface area contributed by atoms with Gasteiger partial charge in [0.05, 0.1) is 0 Å². The average Bonchev–Trinajstić information content (AvgIpc) is 1.95. The zero-order valence-electron chi connectivity index (χ0n) is 4.95. The molecule has 0 aliphatic rings. The second-order valence-electron chi connectivity index (χ2n) is 1.62. The molecule has 2 nitrogen and oxygen atoms in total. The standard InChI is InChI=1S/C6H4FO2P/c7-5-1-3-6(4-2-5)9-10-8/h1-4H. The third-order valence-electron chi connectivity index (χ3n) is 0.956. The van der Waals surface area contributed by atoms with E-state index in [1.807, 2.05) is 0 Å². The normalized spacial score (nSPS) is 9.70. The van der Waals surface area contributed by atoms with Crippen molar-refractivity contribution in [1.29, 1.82) is 0 Å². The third kappa shape index (κ3) is 1.78. The maximum Gasteiger partial charge on any atom is 0.395 e. The van der Waals surface area contributed by atoms with E-state index in [1.54, 1.807) is 0 Å². The highest BCUT2D eigenvalue weighted by atomic mass is 31.1. The number of rotatable bonds is 2. The lowest BCUT2D eigenvalue weighted by molar-refractivity contribution is 0.523. The van der Waals surface area contributed by atoms with E-state index >= 15 is 0 Å². The van der Waals surface area contributed by atoms with Crippen molar-refractivity contribution in [1.82, 2.24) is 0 Å². The first-order valence-corrected chi connectivity index (χ1v) is 3.31. The lowest BCUT2D eigenvalue weighted by Gasteiger charge is -1.92. The Bertz CT molecular complexity index is 222. The van der Waals surface area contributed by atoms with Gasteiger partial charge in [-0.05, 0) is 24.3 Å². The van der Waals surface area contributed by atoms with Gasteiger partial charge in [0.1, 0.15) is 11.6 Å². The lowest BCUT2D eigenvalue weighted by atomic mass is 10.3. The number of benzene rings is 1. The van der Waals surface area contributed by atoms with Crippen molar-refractivity contribution in [3.8, 4) is 5.75 Å². The van der Waals surface area contributed by atoms with Crippen LogP contribution in [0.3, 0.4) is 0 Å². The average molecular weight is 158 g/mol. The summed E-state index contributed by atoms with van der Waals surface area (Å²) in [5, 5.41) is 0.